The molecule has 0 amide bonds. The van der Waals surface area contributed by atoms with Crippen LogP contribution in [0.4, 0.5) is 22.7 Å². The first-order valence-corrected chi connectivity index (χ1v) is 19.2. The second-order valence-corrected chi connectivity index (χ2v) is 14.5. The van der Waals surface area contributed by atoms with Gasteiger partial charge in [0.25, 0.3) is 0 Å². The SMILES string of the molecule is C=C(C)C(=O)OCCOC(=O)/C(C#N)=C/c1ccc(N(C)c2ccc(C(C)(C)c3ccc(N(C)c4ccc(/C=C(\C#N)C(=O)OCCOC(=O)C(=C)C)cc4)cc3)cc2)cc1. The van der Waals surface area contributed by atoms with E-state index in [0.717, 1.165) is 33.9 Å². The summed E-state index contributed by atoms with van der Waals surface area (Å²) in [4.78, 5) is 51.8. The van der Waals surface area contributed by atoms with Crippen molar-refractivity contribution in [3.63, 3.8) is 0 Å². The maximum Gasteiger partial charge on any atom is 0.349 e. The molecule has 61 heavy (non-hydrogen) atoms. The number of carbonyl (C=O) groups is 4. The zero-order chi connectivity index (χ0) is 44.7. The fraction of sp³-hybridized carbons (Fsp3) is 0.224. The highest BCUT2D eigenvalue weighted by atomic mass is 16.6. The molecule has 0 radical (unpaired) electrons. The molecule has 12 heteroatoms. The fourth-order valence-electron chi connectivity index (χ4n) is 5.80. The summed E-state index contributed by atoms with van der Waals surface area (Å²) >= 11 is 0. The first kappa shape index (κ1) is 46.0. The first-order chi connectivity index (χ1) is 29.0. The highest BCUT2D eigenvalue weighted by Crippen LogP contribution is 2.35. The van der Waals surface area contributed by atoms with E-state index in [4.69, 9.17) is 18.9 Å². The highest BCUT2D eigenvalue weighted by molar-refractivity contribution is 5.98. The molecule has 4 aromatic rings. The first-order valence-electron chi connectivity index (χ1n) is 19.2. The number of esters is 4. The molecular formula is C49H48N4O8. The molecule has 0 aromatic heterocycles. The standard InChI is InChI=1S/C49H48N4O8/c1-33(2)45(54)58-25-27-60-47(56)37(31-50)29-35-9-17-41(18-10-35)52(7)43-21-13-39(14-22-43)49(5,6)40-15-23-44(24-16-40)53(8)42-19-11-36(12-20-42)30-38(32-51)48(57)61-28-26-59-46(55)34(3)4/h9-24,29-30H,1,3,25-28H2,2,4-8H3/b37-29+,38-30+. The second-order valence-electron chi connectivity index (χ2n) is 14.5. The van der Waals surface area contributed by atoms with Gasteiger partial charge in [-0.2, -0.15) is 10.5 Å². The Morgan fingerprint density at radius 3 is 1.05 bits per heavy atom. The molecule has 4 aromatic carbocycles. The Labute approximate surface area is 356 Å². The van der Waals surface area contributed by atoms with Gasteiger partial charge in [0.2, 0.25) is 0 Å². The van der Waals surface area contributed by atoms with Crippen molar-refractivity contribution in [2.45, 2.75) is 33.1 Å². The van der Waals surface area contributed by atoms with Crippen molar-refractivity contribution in [3.8, 4) is 12.1 Å². The lowest BCUT2D eigenvalue weighted by atomic mass is 9.78. The minimum absolute atomic E-state index is 0.140. The molecule has 0 spiro atoms. The number of ether oxygens (including phenoxy) is 4. The largest absolute Gasteiger partial charge is 0.459 e. The van der Waals surface area contributed by atoms with Gasteiger partial charge in [-0.05, 0) is 96.8 Å². The molecule has 0 heterocycles. The molecule has 312 valence electrons. The van der Waals surface area contributed by atoms with Crippen LogP contribution in [0.1, 0.15) is 49.9 Å². The summed E-state index contributed by atoms with van der Waals surface area (Å²) in [7, 11) is 3.92. The van der Waals surface area contributed by atoms with Crippen molar-refractivity contribution in [1.29, 1.82) is 10.5 Å². The Balaban J connectivity index is 1.35. The number of carbonyl (C=O) groups excluding carboxylic acids is 4. The van der Waals surface area contributed by atoms with E-state index in [1.807, 2.05) is 60.3 Å². The molecule has 0 saturated heterocycles. The number of nitriles is 2. The third-order valence-corrected chi connectivity index (χ3v) is 9.61. The number of nitrogens with zero attached hydrogens (tertiary/aromatic N) is 4. The third-order valence-electron chi connectivity index (χ3n) is 9.61. The van der Waals surface area contributed by atoms with Gasteiger partial charge >= 0.3 is 23.9 Å². The Kier molecular flexibility index (Phi) is 16.1. The van der Waals surface area contributed by atoms with Crippen LogP contribution >= 0.6 is 0 Å². The summed E-state index contributed by atoms with van der Waals surface area (Å²) < 4.78 is 20.0. The van der Waals surface area contributed by atoms with E-state index in [-0.39, 0.29) is 54.1 Å². The molecule has 12 nitrogen and oxygen atoms in total. The van der Waals surface area contributed by atoms with Gasteiger partial charge in [-0.25, -0.2) is 19.2 Å². The molecular weight excluding hydrogens is 773 g/mol. The van der Waals surface area contributed by atoms with Crippen LogP contribution < -0.4 is 9.80 Å². The number of hydrogen-bond acceptors (Lipinski definition) is 12. The van der Waals surface area contributed by atoms with E-state index in [9.17, 15) is 29.7 Å². The highest BCUT2D eigenvalue weighted by Gasteiger charge is 2.24. The van der Waals surface area contributed by atoms with Crippen molar-refractivity contribution >= 4 is 58.8 Å². The smallest absolute Gasteiger partial charge is 0.349 e. The number of hydrogen-bond donors (Lipinski definition) is 0. The van der Waals surface area contributed by atoms with Gasteiger partial charge in [0.1, 0.15) is 49.7 Å². The van der Waals surface area contributed by atoms with Crippen LogP contribution in [0.15, 0.2) is 133 Å². The summed E-state index contributed by atoms with van der Waals surface area (Å²) in [5.74, 6) is -2.79. The quantitative estimate of drug-likeness (QED) is 0.0310. The zero-order valence-electron chi connectivity index (χ0n) is 35.2. The molecule has 0 unspecified atom stereocenters. The van der Waals surface area contributed by atoms with Crippen LogP contribution in [0.2, 0.25) is 0 Å². The Bertz CT molecular complexity index is 2230. The molecule has 0 atom stereocenters. The van der Waals surface area contributed by atoms with Crippen molar-refractivity contribution in [3.05, 3.63) is 155 Å². The maximum atomic E-state index is 12.4. The van der Waals surface area contributed by atoms with Gasteiger partial charge in [-0.3, -0.25) is 0 Å². The van der Waals surface area contributed by atoms with E-state index in [1.54, 1.807) is 24.3 Å². The molecule has 0 aliphatic rings. The molecule has 4 rings (SSSR count). The molecule has 0 aliphatic heterocycles. The van der Waals surface area contributed by atoms with Crippen LogP contribution in [-0.2, 0) is 43.5 Å². The summed E-state index contributed by atoms with van der Waals surface area (Å²) in [6.45, 7) is 13.7. The van der Waals surface area contributed by atoms with E-state index in [1.165, 1.54) is 26.0 Å². The summed E-state index contributed by atoms with van der Waals surface area (Å²) in [5, 5.41) is 19.1. The molecule has 0 bridgehead atoms. The van der Waals surface area contributed by atoms with Gasteiger partial charge in [0.05, 0.1) is 0 Å². The summed E-state index contributed by atoms with van der Waals surface area (Å²) in [5.41, 5.74) is 7.10. The van der Waals surface area contributed by atoms with E-state index in [0.29, 0.717) is 11.1 Å². The predicted molar refractivity (Wildman–Crippen MR) is 235 cm³/mol. The lowest BCUT2D eigenvalue weighted by molar-refractivity contribution is -0.147. The van der Waals surface area contributed by atoms with Crippen molar-refractivity contribution in [2.24, 2.45) is 0 Å². The van der Waals surface area contributed by atoms with Crippen molar-refractivity contribution in [2.75, 3.05) is 50.3 Å². The van der Waals surface area contributed by atoms with Crippen LogP contribution in [-0.4, -0.2) is 64.4 Å². The Morgan fingerprint density at radius 2 is 0.787 bits per heavy atom. The topological polar surface area (TPSA) is 159 Å². The minimum Gasteiger partial charge on any atom is -0.459 e. The van der Waals surface area contributed by atoms with E-state index >= 15 is 0 Å². The van der Waals surface area contributed by atoms with E-state index < -0.39 is 23.9 Å². The monoisotopic (exact) mass is 820 g/mol. The van der Waals surface area contributed by atoms with Crippen LogP contribution in [0.3, 0.4) is 0 Å². The van der Waals surface area contributed by atoms with Crippen LogP contribution in [0, 0.1) is 22.7 Å². The van der Waals surface area contributed by atoms with Gasteiger partial charge < -0.3 is 28.7 Å². The molecule has 0 fully saturated rings. The summed E-state index contributed by atoms with van der Waals surface area (Å²) in [6.07, 6.45) is 2.89. The van der Waals surface area contributed by atoms with Gasteiger partial charge in [-0.1, -0.05) is 75.5 Å². The lowest BCUT2D eigenvalue weighted by Crippen LogP contribution is -2.19. The zero-order valence-corrected chi connectivity index (χ0v) is 35.2. The fourth-order valence-corrected chi connectivity index (χ4v) is 5.80. The third kappa shape index (κ3) is 12.6. The number of benzene rings is 4. The molecule has 0 aliphatic carbocycles. The van der Waals surface area contributed by atoms with Crippen LogP contribution in [0.25, 0.3) is 12.2 Å². The van der Waals surface area contributed by atoms with Crippen LogP contribution in [0.5, 0.6) is 0 Å². The van der Waals surface area contributed by atoms with Gasteiger partial charge in [0, 0.05) is 53.4 Å². The molecule has 0 N–H and O–H groups in total. The van der Waals surface area contributed by atoms with Crippen molar-refractivity contribution < 1.29 is 38.1 Å². The van der Waals surface area contributed by atoms with Gasteiger partial charge in [-0.15, -0.1) is 0 Å². The normalized spacial score (nSPS) is 11.3. The average molecular weight is 821 g/mol. The Hall–Kier alpha value is -7.70. The lowest BCUT2D eigenvalue weighted by Gasteiger charge is -2.28. The predicted octanol–water partition coefficient (Wildman–Crippen LogP) is 8.69. The second kappa shape index (κ2) is 21.3. The van der Waals surface area contributed by atoms with Crippen molar-refractivity contribution in [1.82, 2.24) is 0 Å². The maximum absolute atomic E-state index is 12.4. The number of anilines is 4. The Morgan fingerprint density at radius 1 is 0.525 bits per heavy atom. The summed E-state index contributed by atoms with van der Waals surface area (Å²) in [6, 6.07) is 35.3. The molecule has 0 saturated carbocycles. The van der Waals surface area contributed by atoms with Gasteiger partial charge in [0.15, 0.2) is 0 Å². The van der Waals surface area contributed by atoms with E-state index in [2.05, 4.69) is 75.5 Å². The average Bonchev–Trinajstić information content (AvgIpc) is 3.27. The minimum atomic E-state index is -0.811. The number of rotatable bonds is 18.